The molecule has 0 bridgehead atoms. The average Bonchev–Trinajstić information content (AvgIpc) is 2.40. The molecule has 1 nitrogen and oxygen atoms in total. The summed E-state index contributed by atoms with van der Waals surface area (Å²) in [5.74, 6) is 0.905. The second kappa shape index (κ2) is 6.29. The predicted octanol–water partition coefficient (Wildman–Crippen LogP) is 5.57. The van der Waals surface area contributed by atoms with E-state index in [1.54, 1.807) is 6.07 Å². The number of benzene rings is 1. The molecule has 0 radical (unpaired) electrons. The molecule has 21 heavy (non-hydrogen) atoms. The summed E-state index contributed by atoms with van der Waals surface area (Å²) in [6.45, 7) is 4.27. The normalized spacial score (nSPS) is 28.4. The van der Waals surface area contributed by atoms with Gasteiger partial charge in [0, 0.05) is 4.47 Å². The van der Waals surface area contributed by atoms with Crippen LogP contribution < -0.4 is 0 Å². The van der Waals surface area contributed by atoms with Gasteiger partial charge in [0.15, 0.2) is 0 Å². The molecule has 1 saturated carbocycles. The molecule has 0 heterocycles. The largest absolute Gasteiger partial charge is 0.416 e. The Morgan fingerprint density at radius 2 is 1.86 bits per heavy atom. The van der Waals surface area contributed by atoms with Crippen molar-refractivity contribution in [3.05, 3.63) is 33.8 Å². The molecule has 1 aliphatic carbocycles. The molecule has 5 heteroatoms. The lowest BCUT2D eigenvalue weighted by Crippen LogP contribution is -2.26. The molecule has 0 amide bonds. The smallest absolute Gasteiger partial charge is 0.388 e. The van der Waals surface area contributed by atoms with Gasteiger partial charge in [0.2, 0.25) is 0 Å². The van der Waals surface area contributed by atoms with E-state index in [0.717, 1.165) is 25.3 Å². The summed E-state index contributed by atoms with van der Waals surface area (Å²) >= 11 is 3.07. The van der Waals surface area contributed by atoms with Crippen molar-refractivity contribution in [2.45, 2.75) is 45.4 Å². The molecule has 4 unspecified atom stereocenters. The van der Waals surface area contributed by atoms with E-state index in [2.05, 4.69) is 29.8 Å². The van der Waals surface area contributed by atoms with Crippen LogP contribution in [0.4, 0.5) is 13.2 Å². The van der Waals surface area contributed by atoms with Gasteiger partial charge in [0.25, 0.3) is 0 Å². The van der Waals surface area contributed by atoms with Gasteiger partial charge in [-0.2, -0.15) is 13.2 Å². The Hall–Kier alpha value is -0.550. The Morgan fingerprint density at radius 3 is 2.43 bits per heavy atom. The van der Waals surface area contributed by atoms with Crippen molar-refractivity contribution in [2.75, 3.05) is 0 Å². The second-order valence-corrected chi connectivity index (χ2v) is 7.12. The number of alkyl halides is 3. The molecule has 1 aliphatic rings. The van der Waals surface area contributed by atoms with Crippen molar-refractivity contribution >= 4 is 15.9 Å². The van der Waals surface area contributed by atoms with E-state index in [1.165, 1.54) is 6.07 Å². The number of halogens is 4. The summed E-state index contributed by atoms with van der Waals surface area (Å²) in [6, 6.07) is 4.00. The maximum Gasteiger partial charge on any atom is 0.416 e. The summed E-state index contributed by atoms with van der Waals surface area (Å²) < 4.78 is 39.9. The van der Waals surface area contributed by atoms with Gasteiger partial charge in [0.05, 0.1) is 11.7 Å². The molecule has 4 atom stereocenters. The van der Waals surface area contributed by atoms with E-state index in [4.69, 9.17) is 0 Å². The van der Waals surface area contributed by atoms with Gasteiger partial charge in [0.1, 0.15) is 0 Å². The van der Waals surface area contributed by atoms with Crippen molar-refractivity contribution in [3.8, 4) is 0 Å². The summed E-state index contributed by atoms with van der Waals surface area (Å²) in [5.41, 5.74) is -0.742. The van der Waals surface area contributed by atoms with Crippen LogP contribution in [0, 0.1) is 17.8 Å². The molecular weight excluding hydrogens is 345 g/mol. The third-order valence-electron chi connectivity index (χ3n) is 4.72. The van der Waals surface area contributed by atoms with Crippen LogP contribution in [0.3, 0.4) is 0 Å². The first-order valence-corrected chi connectivity index (χ1v) is 8.04. The third-order valence-corrected chi connectivity index (χ3v) is 5.22. The molecule has 1 fully saturated rings. The standard InChI is InChI=1S/C16H20BrF3O/c1-9-3-4-11(7-10(9)2)15(21)13-6-5-12(17)8-14(13)16(18,19)20/h5-6,8-11,15,21H,3-4,7H2,1-2H3. The predicted molar refractivity (Wildman–Crippen MR) is 79.8 cm³/mol. The zero-order valence-corrected chi connectivity index (χ0v) is 13.7. The highest BCUT2D eigenvalue weighted by molar-refractivity contribution is 9.10. The minimum Gasteiger partial charge on any atom is -0.388 e. The van der Waals surface area contributed by atoms with Crippen LogP contribution in [0.5, 0.6) is 0 Å². The van der Waals surface area contributed by atoms with E-state index < -0.39 is 17.8 Å². The fraction of sp³-hybridized carbons (Fsp3) is 0.625. The van der Waals surface area contributed by atoms with E-state index >= 15 is 0 Å². The van der Waals surface area contributed by atoms with Crippen LogP contribution in [0.25, 0.3) is 0 Å². The summed E-state index contributed by atoms with van der Waals surface area (Å²) in [5, 5.41) is 10.5. The quantitative estimate of drug-likeness (QED) is 0.726. The zero-order chi connectivity index (χ0) is 15.8. The van der Waals surface area contributed by atoms with Gasteiger partial charge in [-0.05, 0) is 48.3 Å². The van der Waals surface area contributed by atoms with Gasteiger partial charge >= 0.3 is 6.18 Å². The number of aliphatic hydroxyl groups is 1. The zero-order valence-electron chi connectivity index (χ0n) is 12.1. The number of rotatable bonds is 2. The Bertz CT molecular complexity index is 501. The van der Waals surface area contributed by atoms with Crippen LogP contribution in [0.15, 0.2) is 22.7 Å². The number of hydrogen-bond acceptors (Lipinski definition) is 1. The van der Waals surface area contributed by atoms with Gasteiger partial charge in [-0.3, -0.25) is 0 Å². The highest BCUT2D eigenvalue weighted by Gasteiger charge is 2.38. The summed E-state index contributed by atoms with van der Waals surface area (Å²) in [4.78, 5) is 0. The van der Waals surface area contributed by atoms with Gasteiger partial charge in [-0.25, -0.2) is 0 Å². The van der Waals surface area contributed by atoms with Crippen molar-refractivity contribution < 1.29 is 18.3 Å². The fourth-order valence-electron chi connectivity index (χ4n) is 3.16. The SMILES string of the molecule is CC1CCC(C(O)c2ccc(Br)cc2C(F)(F)F)CC1C. The average molecular weight is 365 g/mol. The third kappa shape index (κ3) is 3.81. The maximum atomic E-state index is 13.2. The van der Waals surface area contributed by atoms with Crippen molar-refractivity contribution in [1.82, 2.24) is 0 Å². The minimum absolute atomic E-state index is 0.00236. The lowest BCUT2D eigenvalue weighted by atomic mass is 9.72. The van der Waals surface area contributed by atoms with Crippen LogP contribution in [0.1, 0.15) is 50.3 Å². The first kappa shape index (κ1) is 16.8. The second-order valence-electron chi connectivity index (χ2n) is 6.20. The van der Waals surface area contributed by atoms with Gasteiger partial charge < -0.3 is 5.11 Å². The van der Waals surface area contributed by atoms with Crippen LogP contribution in [-0.4, -0.2) is 5.11 Å². The van der Waals surface area contributed by atoms with Gasteiger partial charge in [-0.1, -0.05) is 42.3 Å². The monoisotopic (exact) mass is 364 g/mol. The van der Waals surface area contributed by atoms with Crippen LogP contribution in [-0.2, 0) is 6.18 Å². The molecule has 2 rings (SSSR count). The molecule has 118 valence electrons. The maximum absolute atomic E-state index is 13.2. The topological polar surface area (TPSA) is 20.2 Å². The molecule has 0 aliphatic heterocycles. The molecule has 1 N–H and O–H groups in total. The molecule has 0 spiro atoms. The fourth-order valence-corrected chi connectivity index (χ4v) is 3.52. The van der Waals surface area contributed by atoms with Crippen molar-refractivity contribution in [1.29, 1.82) is 0 Å². The molecular formula is C16H20BrF3O. The molecule has 0 saturated heterocycles. The highest BCUT2D eigenvalue weighted by atomic mass is 79.9. The van der Waals surface area contributed by atoms with E-state index in [9.17, 15) is 18.3 Å². The van der Waals surface area contributed by atoms with E-state index in [1.807, 2.05) is 0 Å². The summed E-state index contributed by atoms with van der Waals surface area (Å²) in [6.07, 6.45) is -2.99. The Labute approximate surface area is 131 Å². The van der Waals surface area contributed by atoms with Crippen molar-refractivity contribution in [2.24, 2.45) is 17.8 Å². The van der Waals surface area contributed by atoms with E-state index in [0.29, 0.717) is 16.3 Å². The number of aliphatic hydroxyl groups excluding tert-OH is 1. The molecule has 0 aromatic heterocycles. The highest BCUT2D eigenvalue weighted by Crippen LogP contribution is 2.43. The summed E-state index contributed by atoms with van der Waals surface area (Å²) in [7, 11) is 0. The first-order valence-electron chi connectivity index (χ1n) is 7.25. The van der Waals surface area contributed by atoms with Crippen molar-refractivity contribution in [3.63, 3.8) is 0 Å². The van der Waals surface area contributed by atoms with Crippen LogP contribution >= 0.6 is 15.9 Å². The molecule has 1 aromatic carbocycles. The lowest BCUT2D eigenvalue weighted by molar-refractivity contribution is -0.139. The molecule has 1 aromatic rings. The Morgan fingerprint density at radius 1 is 1.19 bits per heavy atom. The minimum atomic E-state index is -4.45. The van der Waals surface area contributed by atoms with E-state index in [-0.39, 0.29) is 11.5 Å². The van der Waals surface area contributed by atoms with Crippen LogP contribution in [0.2, 0.25) is 0 Å². The number of hydrogen-bond donors (Lipinski definition) is 1. The Kier molecular flexibility index (Phi) is 5.03. The van der Waals surface area contributed by atoms with Gasteiger partial charge in [-0.15, -0.1) is 0 Å². The Balaban J connectivity index is 2.29. The lowest BCUT2D eigenvalue weighted by Gasteiger charge is -2.35. The first-order chi connectivity index (χ1) is 9.70.